The molecule has 1 saturated heterocycles. The van der Waals surface area contributed by atoms with Crippen molar-refractivity contribution in [3.63, 3.8) is 0 Å². The Bertz CT molecular complexity index is 1200. The lowest BCUT2D eigenvalue weighted by atomic mass is 10.1. The normalized spacial score (nSPS) is 15.6. The van der Waals surface area contributed by atoms with Gasteiger partial charge in [-0.05, 0) is 62.4 Å². The summed E-state index contributed by atoms with van der Waals surface area (Å²) >= 11 is 0. The van der Waals surface area contributed by atoms with Crippen LogP contribution in [0.15, 0.2) is 46.2 Å². The molecule has 1 aliphatic rings. The molecule has 0 spiro atoms. The highest BCUT2D eigenvalue weighted by atomic mass is 32.2. The van der Waals surface area contributed by atoms with Crippen LogP contribution in [0.5, 0.6) is 0 Å². The first-order valence-corrected chi connectivity index (χ1v) is 12.5. The minimum atomic E-state index is -3.74. The summed E-state index contributed by atoms with van der Waals surface area (Å²) in [6, 6.07) is 8.86. The average Bonchev–Trinajstić information content (AvgIpc) is 2.76. The molecule has 2 aromatic carbocycles. The molecule has 0 aliphatic carbocycles. The highest BCUT2D eigenvalue weighted by Gasteiger charge is 2.26. The van der Waals surface area contributed by atoms with E-state index >= 15 is 0 Å². The maximum Gasteiger partial charge on any atom is 0.255 e. The third kappa shape index (κ3) is 4.96. The van der Waals surface area contributed by atoms with Gasteiger partial charge in [-0.25, -0.2) is 21.6 Å². The van der Waals surface area contributed by atoms with Crippen LogP contribution in [0.3, 0.4) is 0 Å². The Kier molecular flexibility index (Phi) is 6.82. The molecule has 11 heteroatoms. The molecule has 0 atom stereocenters. The Balaban J connectivity index is 1.89. The van der Waals surface area contributed by atoms with Crippen LogP contribution in [0.25, 0.3) is 0 Å². The summed E-state index contributed by atoms with van der Waals surface area (Å²) in [5, 5.41) is 2.66. The zero-order valence-electron chi connectivity index (χ0n) is 17.5. The SMILES string of the molecule is CNS(=O)(=O)c1cc(C(=O)Nc2cccc(S(=O)(=O)N3CCOCC3)c2)cc(C)c1C. The molecule has 0 aromatic heterocycles. The number of rotatable bonds is 6. The number of hydrogen-bond acceptors (Lipinski definition) is 6. The third-order valence-corrected chi connectivity index (χ3v) is 8.58. The van der Waals surface area contributed by atoms with Gasteiger partial charge in [-0.15, -0.1) is 0 Å². The van der Waals surface area contributed by atoms with Crippen LogP contribution >= 0.6 is 0 Å². The van der Waals surface area contributed by atoms with Gasteiger partial charge in [0.2, 0.25) is 20.0 Å². The second-order valence-corrected chi connectivity index (χ2v) is 10.9. The van der Waals surface area contributed by atoms with E-state index in [-0.39, 0.29) is 34.1 Å². The molecule has 2 N–H and O–H groups in total. The van der Waals surface area contributed by atoms with Gasteiger partial charge in [-0.2, -0.15) is 4.31 Å². The van der Waals surface area contributed by atoms with Crippen LogP contribution in [0, 0.1) is 13.8 Å². The van der Waals surface area contributed by atoms with Gasteiger partial charge in [0.1, 0.15) is 0 Å². The van der Waals surface area contributed by atoms with Crippen molar-refractivity contribution in [2.75, 3.05) is 38.7 Å². The average molecular weight is 468 g/mol. The van der Waals surface area contributed by atoms with E-state index < -0.39 is 26.0 Å². The highest BCUT2D eigenvalue weighted by molar-refractivity contribution is 7.89. The number of ether oxygens (including phenoxy) is 1. The molecular formula is C20H25N3O6S2. The number of carbonyl (C=O) groups excluding carboxylic acids is 1. The molecular weight excluding hydrogens is 442 g/mol. The first-order chi connectivity index (χ1) is 14.6. The van der Waals surface area contributed by atoms with Crippen molar-refractivity contribution in [3.05, 3.63) is 53.1 Å². The van der Waals surface area contributed by atoms with E-state index in [4.69, 9.17) is 4.74 Å². The predicted molar refractivity (Wildman–Crippen MR) is 116 cm³/mol. The predicted octanol–water partition coefficient (Wildman–Crippen LogP) is 1.48. The largest absolute Gasteiger partial charge is 0.379 e. The lowest BCUT2D eigenvalue weighted by Gasteiger charge is -2.26. The summed E-state index contributed by atoms with van der Waals surface area (Å²) in [6.45, 7) is 4.59. The van der Waals surface area contributed by atoms with E-state index in [1.165, 1.54) is 29.6 Å². The second-order valence-electron chi connectivity index (χ2n) is 7.12. The number of anilines is 1. The molecule has 0 saturated carbocycles. The number of nitrogens with zero attached hydrogens (tertiary/aromatic N) is 1. The van der Waals surface area contributed by atoms with Gasteiger partial charge in [0.15, 0.2) is 0 Å². The number of morpholine rings is 1. The summed E-state index contributed by atoms with van der Waals surface area (Å²) in [5.74, 6) is -0.545. The topological polar surface area (TPSA) is 122 Å². The minimum absolute atomic E-state index is 0.0174. The van der Waals surface area contributed by atoms with Gasteiger partial charge < -0.3 is 10.1 Å². The molecule has 0 unspecified atom stereocenters. The number of benzene rings is 2. The van der Waals surface area contributed by atoms with Crippen LogP contribution in [0.4, 0.5) is 5.69 Å². The monoisotopic (exact) mass is 467 g/mol. The van der Waals surface area contributed by atoms with Gasteiger partial charge in [-0.3, -0.25) is 4.79 Å². The van der Waals surface area contributed by atoms with Crippen LogP contribution in [0.1, 0.15) is 21.5 Å². The summed E-state index contributed by atoms with van der Waals surface area (Å²) in [4.78, 5) is 12.9. The Labute approximate surface area is 182 Å². The molecule has 31 heavy (non-hydrogen) atoms. The van der Waals surface area contributed by atoms with E-state index in [2.05, 4.69) is 10.0 Å². The highest BCUT2D eigenvalue weighted by Crippen LogP contribution is 2.24. The van der Waals surface area contributed by atoms with Crippen molar-refractivity contribution < 1.29 is 26.4 Å². The summed E-state index contributed by atoms with van der Waals surface area (Å²) in [7, 11) is -6.15. The number of carbonyl (C=O) groups is 1. The van der Waals surface area contributed by atoms with E-state index in [9.17, 15) is 21.6 Å². The first-order valence-electron chi connectivity index (χ1n) is 9.60. The zero-order chi connectivity index (χ0) is 22.8. The van der Waals surface area contributed by atoms with Gasteiger partial charge in [0.05, 0.1) is 23.0 Å². The first kappa shape index (κ1) is 23.4. The van der Waals surface area contributed by atoms with Crippen molar-refractivity contribution in [1.82, 2.24) is 9.03 Å². The number of aryl methyl sites for hydroxylation is 1. The van der Waals surface area contributed by atoms with Crippen LogP contribution in [-0.4, -0.2) is 60.4 Å². The summed E-state index contributed by atoms with van der Waals surface area (Å²) < 4.78 is 59.1. The molecule has 0 radical (unpaired) electrons. The Morgan fingerprint density at radius 1 is 1.03 bits per heavy atom. The Morgan fingerprint density at radius 3 is 2.35 bits per heavy atom. The molecule has 168 valence electrons. The summed E-state index contributed by atoms with van der Waals surface area (Å²) in [5.41, 5.74) is 1.63. The standard InChI is InChI=1S/C20H25N3O6S2/c1-14-11-16(12-19(15(14)2)30(25,26)21-3)20(24)22-17-5-4-6-18(13-17)31(27,28)23-7-9-29-10-8-23/h4-6,11-13,21H,7-10H2,1-3H3,(H,22,24). The number of amides is 1. The molecule has 1 amide bonds. The van der Waals surface area contributed by atoms with Crippen molar-refractivity contribution in [2.45, 2.75) is 23.6 Å². The van der Waals surface area contributed by atoms with Crippen molar-refractivity contribution >= 4 is 31.6 Å². The molecule has 2 aromatic rings. The van der Waals surface area contributed by atoms with E-state index in [1.807, 2.05) is 0 Å². The molecule has 9 nitrogen and oxygen atoms in total. The van der Waals surface area contributed by atoms with Gasteiger partial charge in [0.25, 0.3) is 5.91 Å². The number of hydrogen-bond donors (Lipinski definition) is 2. The van der Waals surface area contributed by atoms with Crippen LogP contribution in [0.2, 0.25) is 0 Å². The fraction of sp³-hybridized carbons (Fsp3) is 0.350. The molecule has 1 heterocycles. The number of nitrogens with one attached hydrogen (secondary N) is 2. The molecule has 1 aliphatic heterocycles. The maximum atomic E-state index is 12.8. The van der Waals surface area contributed by atoms with E-state index in [1.54, 1.807) is 32.0 Å². The zero-order valence-corrected chi connectivity index (χ0v) is 19.1. The minimum Gasteiger partial charge on any atom is -0.379 e. The molecule has 0 bridgehead atoms. The Morgan fingerprint density at radius 2 is 1.71 bits per heavy atom. The number of sulfonamides is 2. The van der Waals surface area contributed by atoms with Gasteiger partial charge >= 0.3 is 0 Å². The molecule has 3 rings (SSSR count). The lowest BCUT2D eigenvalue weighted by Crippen LogP contribution is -2.40. The van der Waals surface area contributed by atoms with E-state index in [0.717, 1.165) is 0 Å². The smallest absolute Gasteiger partial charge is 0.255 e. The van der Waals surface area contributed by atoms with Crippen LogP contribution in [-0.2, 0) is 24.8 Å². The van der Waals surface area contributed by atoms with Crippen molar-refractivity contribution in [3.8, 4) is 0 Å². The quantitative estimate of drug-likeness (QED) is 0.664. The summed E-state index contributed by atoms with van der Waals surface area (Å²) in [6.07, 6.45) is 0. The lowest BCUT2D eigenvalue weighted by molar-refractivity contribution is 0.0730. The fourth-order valence-corrected chi connectivity index (χ4v) is 5.74. The fourth-order valence-electron chi connectivity index (χ4n) is 3.22. The van der Waals surface area contributed by atoms with Gasteiger partial charge in [-0.1, -0.05) is 6.07 Å². The molecule has 1 fully saturated rings. The maximum absolute atomic E-state index is 12.8. The van der Waals surface area contributed by atoms with Crippen molar-refractivity contribution in [1.29, 1.82) is 0 Å². The van der Waals surface area contributed by atoms with Gasteiger partial charge in [0, 0.05) is 24.3 Å². The van der Waals surface area contributed by atoms with E-state index in [0.29, 0.717) is 24.3 Å². The second kappa shape index (κ2) is 9.05. The van der Waals surface area contributed by atoms with Crippen molar-refractivity contribution in [2.24, 2.45) is 0 Å². The van der Waals surface area contributed by atoms with Crippen LogP contribution < -0.4 is 10.0 Å². The third-order valence-electron chi connectivity index (χ3n) is 5.14. The Hall–Kier alpha value is -2.31.